The summed E-state index contributed by atoms with van der Waals surface area (Å²) in [6.45, 7) is 0.578. The number of rotatable bonds is 2. The fraction of sp³-hybridized carbons (Fsp3) is 0.538. The van der Waals surface area contributed by atoms with Crippen molar-refractivity contribution in [3.8, 4) is 0 Å². The van der Waals surface area contributed by atoms with Gasteiger partial charge in [0.2, 0.25) is 0 Å². The van der Waals surface area contributed by atoms with Crippen LogP contribution in [-0.4, -0.2) is 12.5 Å². The molecule has 1 fully saturated rings. The number of hydrogen-bond donors (Lipinski definition) is 0. The van der Waals surface area contributed by atoms with Crippen molar-refractivity contribution < 1.29 is 17.9 Å². The summed E-state index contributed by atoms with van der Waals surface area (Å²) in [4.78, 5) is 0. The normalized spacial score (nSPS) is 25.1. The number of alkyl halides is 4. The van der Waals surface area contributed by atoms with Crippen molar-refractivity contribution in [2.45, 2.75) is 25.1 Å². The van der Waals surface area contributed by atoms with E-state index in [1.54, 1.807) is 6.07 Å². The summed E-state index contributed by atoms with van der Waals surface area (Å²) in [6.07, 6.45) is -2.84. The molecule has 1 aliphatic rings. The molecule has 18 heavy (non-hydrogen) atoms. The van der Waals surface area contributed by atoms with Crippen molar-refractivity contribution in [3.05, 3.63) is 35.4 Å². The Morgan fingerprint density at radius 2 is 2.11 bits per heavy atom. The highest BCUT2D eigenvalue weighted by Crippen LogP contribution is 2.37. The van der Waals surface area contributed by atoms with Gasteiger partial charge in [0.25, 0.3) is 0 Å². The lowest BCUT2D eigenvalue weighted by atomic mass is 9.90. The molecule has 0 bridgehead atoms. The van der Waals surface area contributed by atoms with E-state index < -0.39 is 11.7 Å². The first-order valence-electron chi connectivity index (χ1n) is 5.87. The molecule has 0 N–H and O–H groups in total. The summed E-state index contributed by atoms with van der Waals surface area (Å²) in [5.74, 6) is 0.491. The Hall–Kier alpha value is -0.740. The van der Waals surface area contributed by atoms with Gasteiger partial charge in [-0.25, -0.2) is 0 Å². The van der Waals surface area contributed by atoms with Gasteiger partial charge in [0.1, 0.15) is 0 Å². The first-order chi connectivity index (χ1) is 8.52. The van der Waals surface area contributed by atoms with Gasteiger partial charge in [-0.05, 0) is 30.5 Å². The molecule has 0 amide bonds. The minimum absolute atomic E-state index is 0.0869. The zero-order chi connectivity index (χ0) is 13.2. The summed E-state index contributed by atoms with van der Waals surface area (Å²) >= 11 is 5.85. The molecular weight excluding hydrogens is 265 g/mol. The van der Waals surface area contributed by atoms with E-state index in [0.29, 0.717) is 18.1 Å². The van der Waals surface area contributed by atoms with E-state index in [0.717, 1.165) is 25.0 Å². The zero-order valence-corrected chi connectivity index (χ0v) is 10.5. The zero-order valence-electron chi connectivity index (χ0n) is 9.71. The number of hydrogen-bond acceptors (Lipinski definition) is 1. The van der Waals surface area contributed by atoms with Crippen molar-refractivity contribution in [2.75, 3.05) is 12.5 Å². The van der Waals surface area contributed by atoms with Gasteiger partial charge in [-0.2, -0.15) is 13.2 Å². The van der Waals surface area contributed by atoms with Crippen molar-refractivity contribution in [3.63, 3.8) is 0 Å². The number of benzene rings is 1. The van der Waals surface area contributed by atoms with Crippen molar-refractivity contribution >= 4 is 11.6 Å². The van der Waals surface area contributed by atoms with E-state index >= 15 is 0 Å². The van der Waals surface area contributed by atoms with Gasteiger partial charge in [-0.15, -0.1) is 11.6 Å². The summed E-state index contributed by atoms with van der Waals surface area (Å²) in [7, 11) is 0. The Labute approximate surface area is 109 Å². The van der Waals surface area contributed by atoms with E-state index in [1.807, 2.05) is 0 Å². The summed E-state index contributed by atoms with van der Waals surface area (Å²) < 4.78 is 43.5. The Balaban J connectivity index is 2.27. The summed E-state index contributed by atoms with van der Waals surface area (Å²) in [5, 5.41) is 0. The first kappa shape index (κ1) is 13.7. The maximum atomic E-state index is 12.6. The molecule has 1 saturated heterocycles. The van der Waals surface area contributed by atoms with Gasteiger partial charge in [0.05, 0.1) is 11.7 Å². The first-order valence-corrected chi connectivity index (χ1v) is 6.40. The maximum absolute atomic E-state index is 12.6. The van der Waals surface area contributed by atoms with Gasteiger partial charge in [0, 0.05) is 18.4 Å². The smallest absolute Gasteiger partial charge is 0.373 e. The molecule has 5 heteroatoms. The molecule has 0 radical (unpaired) electrons. The predicted molar refractivity (Wildman–Crippen MR) is 63.6 cm³/mol. The molecule has 0 unspecified atom stereocenters. The van der Waals surface area contributed by atoms with Crippen LogP contribution in [0.3, 0.4) is 0 Å². The van der Waals surface area contributed by atoms with Crippen LogP contribution in [0.2, 0.25) is 0 Å². The highest BCUT2D eigenvalue weighted by Gasteiger charge is 2.33. The van der Waals surface area contributed by atoms with Crippen LogP contribution in [0.5, 0.6) is 0 Å². The highest BCUT2D eigenvalue weighted by molar-refractivity contribution is 6.18. The molecule has 2 atom stereocenters. The van der Waals surface area contributed by atoms with E-state index in [2.05, 4.69) is 0 Å². The molecular formula is C13H14ClF3O. The van der Waals surface area contributed by atoms with Crippen LogP contribution in [0.15, 0.2) is 24.3 Å². The molecule has 0 saturated carbocycles. The lowest BCUT2D eigenvalue weighted by Crippen LogP contribution is -2.24. The van der Waals surface area contributed by atoms with Gasteiger partial charge in [-0.3, -0.25) is 0 Å². The minimum atomic E-state index is -4.32. The van der Waals surface area contributed by atoms with Crippen LogP contribution in [0.4, 0.5) is 13.2 Å². The Morgan fingerprint density at radius 3 is 2.78 bits per heavy atom. The average Bonchev–Trinajstić information content (AvgIpc) is 2.38. The fourth-order valence-electron chi connectivity index (χ4n) is 2.26. The average molecular weight is 279 g/mol. The molecule has 1 aliphatic heterocycles. The van der Waals surface area contributed by atoms with Crippen molar-refractivity contribution in [1.29, 1.82) is 0 Å². The molecule has 2 rings (SSSR count). The van der Waals surface area contributed by atoms with E-state index in [1.165, 1.54) is 6.07 Å². The van der Waals surface area contributed by atoms with Gasteiger partial charge < -0.3 is 4.74 Å². The Kier molecular flexibility index (Phi) is 4.17. The van der Waals surface area contributed by atoms with Gasteiger partial charge in [-0.1, -0.05) is 12.1 Å². The van der Waals surface area contributed by atoms with E-state index in [4.69, 9.17) is 16.3 Å². The standard InChI is InChI=1S/C13H14ClF3O/c14-8-10-4-2-6-18-12(10)9-3-1-5-11(7-9)13(15,16)17/h1,3,5,7,10,12H,2,4,6,8H2/t10-,12+/m1/s1. The lowest BCUT2D eigenvalue weighted by molar-refractivity contribution is -0.137. The van der Waals surface area contributed by atoms with Crippen LogP contribution in [0, 0.1) is 5.92 Å². The number of halogens is 4. The van der Waals surface area contributed by atoms with Crippen LogP contribution in [0.1, 0.15) is 30.1 Å². The Morgan fingerprint density at radius 1 is 1.33 bits per heavy atom. The molecule has 1 nitrogen and oxygen atoms in total. The molecule has 1 aromatic carbocycles. The fourth-order valence-corrected chi connectivity index (χ4v) is 2.58. The second kappa shape index (κ2) is 5.49. The quantitative estimate of drug-likeness (QED) is 0.728. The predicted octanol–water partition coefficient (Wildman–Crippen LogP) is 4.41. The third-order valence-electron chi connectivity index (χ3n) is 3.19. The summed E-state index contributed by atoms with van der Waals surface area (Å²) in [6, 6.07) is 5.32. The van der Waals surface area contributed by atoms with Crippen molar-refractivity contribution in [1.82, 2.24) is 0 Å². The van der Waals surface area contributed by atoms with Crippen molar-refractivity contribution in [2.24, 2.45) is 5.92 Å². The van der Waals surface area contributed by atoms with E-state index in [-0.39, 0.29) is 12.0 Å². The monoisotopic (exact) mass is 278 g/mol. The topological polar surface area (TPSA) is 9.23 Å². The van der Waals surface area contributed by atoms with Crippen LogP contribution in [-0.2, 0) is 10.9 Å². The minimum Gasteiger partial charge on any atom is -0.373 e. The lowest BCUT2D eigenvalue weighted by Gasteiger charge is -2.31. The molecule has 1 aromatic rings. The largest absolute Gasteiger partial charge is 0.416 e. The summed E-state index contributed by atoms with van der Waals surface area (Å²) in [5.41, 5.74) is -0.0716. The Bertz CT molecular complexity index is 405. The molecule has 1 heterocycles. The second-order valence-electron chi connectivity index (χ2n) is 4.47. The third kappa shape index (κ3) is 2.98. The molecule has 100 valence electrons. The van der Waals surface area contributed by atoms with Gasteiger partial charge in [0.15, 0.2) is 0 Å². The SMILES string of the molecule is FC(F)(F)c1cccc([C@@H]2OCCC[C@@H]2CCl)c1. The van der Waals surface area contributed by atoms with Crippen LogP contribution >= 0.6 is 11.6 Å². The second-order valence-corrected chi connectivity index (χ2v) is 4.78. The molecule has 0 spiro atoms. The molecule has 0 aliphatic carbocycles. The van der Waals surface area contributed by atoms with E-state index in [9.17, 15) is 13.2 Å². The van der Waals surface area contributed by atoms with Crippen LogP contribution < -0.4 is 0 Å². The van der Waals surface area contributed by atoms with Gasteiger partial charge >= 0.3 is 6.18 Å². The third-order valence-corrected chi connectivity index (χ3v) is 3.58. The number of ether oxygens (including phenoxy) is 1. The highest BCUT2D eigenvalue weighted by atomic mass is 35.5. The van der Waals surface area contributed by atoms with Crippen LogP contribution in [0.25, 0.3) is 0 Å². The maximum Gasteiger partial charge on any atom is 0.416 e. The molecule has 0 aromatic heterocycles.